The van der Waals surface area contributed by atoms with Gasteiger partial charge in [-0.15, -0.1) is 0 Å². The molecule has 0 saturated heterocycles. The molecule has 1 amide bonds. The molecular formula is C23H45NO3. The number of nitrogens with zero attached hydrogens (tertiary/aromatic N) is 1. The van der Waals surface area contributed by atoms with Gasteiger partial charge in [0.25, 0.3) is 0 Å². The van der Waals surface area contributed by atoms with Gasteiger partial charge in [0.05, 0.1) is 6.54 Å². The van der Waals surface area contributed by atoms with E-state index in [0.717, 1.165) is 25.7 Å². The zero-order valence-corrected chi connectivity index (χ0v) is 18.4. The fourth-order valence-corrected chi connectivity index (χ4v) is 3.14. The van der Waals surface area contributed by atoms with E-state index in [9.17, 15) is 9.59 Å². The third-order valence-corrected chi connectivity index (χ3v) is 5.09. The fourth-order valence-electron chi connectivity index (χ4n) is 3.14. The maximum absolute atomic E-state index is 12.1. The molecular weight excluding hydrogens is 338 g/mol. The molecule has 0 atom stereocenters. The van der Waals surface area contributed by atoms with Gasteiger partial charge in [-0.25, -0.2) is 0 Å². The first kappa shape index (κ1) is 25.9. The van der Waals surface area contributed by atoms with Crippen LogP contribution in [0.2, 0.25) is 0 Å². The van der Waals surface area contributed by atoms with Crippen LogP contribution in [0.25, 0.3) is 0 Å². The number of carbonyl (C=O) groups excluding carboxylic acids is 2. The molecule has 0 unspecified atom stereocenters. The van der Waals surface area contributed by atoms with E-state index in [0.29, 0.717) is 26.0 Å². The molecule has 0 N–H and O–H groups in total. The molecule has 4 nitrogen and oxygen atoms in total. The van der Waals surface area contributed by atoms with Crippen molar-refractivity contribution in [1.29, 1.82) is 0 Å². The standard InChI is InChI=1S/C23H45NO3/c1-4-6-8-10-11-12-13-15-16-18-22(25)24(3)20-21-27-23(26)19-17-14-9-7-5-2/h4-21H2,1-3H3. The van der Waals surface area contributed by atoms with Crippen LogP contribution in [-0.2, 0) is 14.3 Å². The molecule has 0 spiro atoms. The van der Waals surface area contributed by atoms with Gasteiger partial charge >= 0.3 is 5.97 Å². The summed E-state index contributed by atoms with van der Waals surface area (Å²) in [4.78, 5) is 25.4. The van der Waals surface area contributed by atoms with Crippen molar-refractivity contribution in [2.45, 2.75) is 117 Å². The summed E-state index contributed by atoms with van der Waals surface area (Å²) in [5, 5.41) is 0. The second-order valence-electron chi connectivity index (χ2n) is 7.78. The van der Waals surface area contributed by atoms with E-state index in [2.05, 4.69) is 13.8 Å². The van der Waals surface area contributed by atoms with Gasteiger partial charge in [0, 0.05) is 19.9 Å². The Morgan fingerprint density at radius 3 is 1.63 bits per heavy atom. The molecule has 0 aromatic rings. The highest BCUT2D eigenvalue weighted by Crippen LogP contribution is 2.11. The van der Waals surface area contributed by atoms with E-state index in [1.54, 1.807) is 11.9 Å². The smallest absolute Gasteiger partial charge is 0.305 e. The van der Waals surface area contributed by atoms with Crippen LogP contribution in [0, 0.1) is 0 Å². The lowest BCUT2D eigenvalue weighted by atomic mass is 10.1. The maximum atomic E-state index is 12.1. The zero-order valence-electron chi connectivity index (χ0n) is 18.4. The lowest BCUT2D eigenvalue weighted by molar-refractivity contribution is -0.145. The summed E-state index contributed by atoms with van der Waals surface area (Å²) < 4.78 is 5.23. The van der Waals surface area contributed by atoms with E-state index in [-0.39, 0.29) is 11.9 Å². The normalized spacial score (nSPS) is 10.8. The second kappa shape index (κ2) is 19.7. The van der Waals surface area contributed by atoms with Gasteiger partial charge in [-0.05, 0) is 12.8 Å². The van der Waals surface area contributed by atoms with Crippen LogP contribution in [0.3, 0.4) is 0 Å². The molecule has 0 bridgehead atoms. The minimum atomic E-state index is -0.133. The zero-order chi connectivity index (χ0) is 20.2. The third kappa shape index (κ3) is 18.1. The highest BCUT2D eigenvalue weighted by molar-refractivity contribution is 5.75. The minimum Gasteiger partial charge on any atom is -0.464 e. The van der Waals surface area contributed by atoms with E-state index < -0.39 is 0 Å². The molecule has 0 aromatic carbocycles. The van der Waals surface area contributed by atoms with E-state index in [4.69, 9.17) is 4.74 Å². The molecule has 4 heteroatoms. The number of rotatable bonds is 19. The molecule has 0 heterocycles. The Kier molecular flexibility index (Phi) is 18.9. The summed E-state index contributed by atoms with van der Waals surface area (Å²) >= 11 is 0. The highest BCUT2D eigenvalue weighted by Gasteiger charge is 2.09. The lowest BCUT2D eigenvalue weighted by Crippen LogP contribution is -2.30. The predicted molar refractivity (Wildman–Crippen MR) is 114 cm³/mol. The molecule has 160 valence electrons. The van der Waals surface area contributed by atoms with Crippen LogP contribution in [0.15, 0.2) is 0 Å². The van der Waals surface area contributed by atoms with Crippen molar-refractivity contribution in [3.8, 4) is 0 Å². The SMILES string of the molecule is CCCCCCCCCCCC(=O)N(C)CCOC(=O)CCCCCCC. The number of unbranched alkanes of at least 4 members (excludes halogenated alkanes) is 12. The number of ether oxygens (including phenoxy) is 1. The Bertz CT molecular complexity index is 358. The number of amides is 1. The number of carbonyl (C=O) groups is 2. The van der Waals surface area contributed by atoms with Crippen molar-refractivity contribution in [2.24, 2.45) is 0 Å². The van der Waals surface area contributed by atoms with Crippen LogP contribution in [0.1, 0.15) is 117 Å². The summed E-state index contributed by atoms with van der Waals surface area (Å²) in [6.07, 6.45) is 18.1. The first-order chi connectivity index (χ1) is 13.1. The van der Waals surface area contributed by atoms with Crippen molar-refractivity contribution in [3.05, 3.63) is 0 Å². The third-order valence-electron chi connectivity index (χ3n) is 5.09. The van der Waals surface area contributed by atoms with Gasteiger partial charge in [0.15, 0.2) is 0 Å². The molecule has 0 radical (unpaired) electrons. The number of hydrogen-bond acceptors (Lipinski definition) is 3. The molecule has 0 aliphatic heterocycles. The molecule has 0 rings (SSSR count). The molecule has 0 aliphatic rings. The number of esters is 1. The monoisotopic (exact) mass is 383 g/mol. The average molecular weight is 384 g/mol. The maximum Gasteiger partial charge on any atom is 0.305 e. The first-order valence-electron chi connectivity index (χ1n) is 11.5. The quantitative estimate of drug-likeness (QED) is 0.195. The number of likely N-dealkylation sites (N-methyl/N-ethyl adjacent to an activating group) is 1. The predicted octanol–water partition coefficient (Wildman–Crippen LogP) is 6.27. The van der Waals surface area contributed by atoms with E-state index in [1.807, 2.05) is 0 Å². The van der Waals surface area contributed by atoms with Crippen molar-refractivity contribution >= 4 is 11.9 Å². The molecule has 0 aromatic heterocycles. The van der Waals surface area contributed by atoms with Gasteiger partial charge in [0.1, 0.15) is 6.61 Å². The number of hydrogen-bond donors (Lipinski definition) is 0. The fraction of sp³-hybridized carbons (Fsp3) is 0.913. The Labute approximate surface area is 168 Å². The summed E-state index contributed by atoms with van der Waals surface area (Å²) in [5.41, 5.74) is 0. The Morgan fingerprint density at radius 1 is 0.667 bits per heavy atom. The van der Waals surface area contributed by atoms with Crippen LogP contribution in [-0.4, -0.2) is 37.0 Å². The molecule has 0 saturated carbocycles. The molecule has 27 heavy (non-hydrogen) atoms. The van der Waals surface area contributed by atoms with Gasteiger partial charge in [-0.3, -0.25) is 9.59 Å². The van der Waals surface area contributed by atoms with Gasteiger partial charge < -0.3 is 9.64 Å². The summed E-state index contributed by atoms with van der Waals surface area (Å²) in [7, 11) is 1.80. The minimum absolute atomic E-state index is 0.133. The van der Waals surface area contributed by atoms with Crippen molar-refractivity contribution in [1.82, 2.24) is 4.90 Å². The van der Waals surface area contributed by atoms with Crippen LogP contribution in [0.4, 0.5) is 0 Å². The Morgan fingerprint density at radius 2 is 1.11 bits per heavy atom. The summed E-state index contributed by atoms with van der Waals surface area (Å²) in [6, 6.07) is 0. The molecule has 0 aliphatic carbocycles. The summed E-state index contributed by atoms with van der Waals surface area (Å²) in [6.45, 7) is 5.24. The topological polar surface area (TPSA) is 46.6 Å². The van der Waals surface area contributed by atoms with Crippen molar-refractivity contribution in [3.63, 3.8) is 0 Å². The summed E-state index contributed by atoms with van der Waals surface area (Å²) in [5.74, 6) is 0.0276. The molecule has 0 fully saturated rings. The van der Waals surface area contributed by atoms with Gasteiger partial charge in [-0.2, -0.15) is 0 Å². The van der Waals surface area contributed by atoms with Crippen molar-refractivity contribution < 1.29 is 14.3 Å². The van der Waals surface area contributed by atoms with Gasteiger partial charge in [0.2, 0.25) is 5.91 Å². The second-order valence-corrected chi connectivity index (χ2v) is 7.78. The average Bonchev–Trinajstić information content (AvgIpc) is 2.66. The van der Waals surface area contributed by atoms with Crippen LogP contribution < -0.4 is 0 Å². The Hall–Kier alpha value is -1.06. The van der Waals surface area contributed by atoms with E-state index in [1.165, 1.54) is 64.2 Å². The largest absolute Gasteiger partial charge is 0.464 e. The van der Waals surface area contributed by atoms with E-state index >= 15 is 0 Å². The highest BCUT2D eigenvalue weighted by atomic mass is 16.5. The Balaban J connectivity index is 3.49. The van der Waals surface area contributed by atoms with Crippen LogP contribution in [0.5, 0.6) is 0 Å². The first-order valence-corrected chi connectivity index (χ1v) is 11.5. The van der Waals surface area contributed by atoms with Crippen LogP contribution >= 0.6 is 0 Å². The van der Waals surface area contributed by atoms with Gasteiger partial charge in [-0.1, -0.05) is 90.9 Å². The lowest BCUT2D eigenvalue weighted by Gasteiger charge is -2.17. The van der Waals surface area contributed by atoms with Crippen molar-refractivity contribution in [2.75, 3.05) is 20.2 Å².